The number of hydrogen-bond donors (Lipinski definition) is 3. The van der Waals surface area contributed by atoms with Gasteiger partial charge >= 0.3 is 5.97 Å². The molecule has 3 aliphatic carbocycles. The Labute approximate surface area is 144 Å². The van der Waals surface area contributed by atoms with Crippen molar-refractivity contribution in [2.75, 3.05) is 0 Å². The minimum absolute atomic E-state index is 0.117. The number of carbonyl (C=O) groups is 1. The highest BCUT2D eigenvalue weighted by Gasteiger charge is 2.44. The summed E-state index contributed by atoms with van der Waals surface area (Å²) >= 11 is 0. The molecular formula is C19H32N2O3. The van der Waals surface area contributed by atoms with Crippen LogP contribution in [0.3, 0.4) is 0 Å². The molecule has 5 heteroatoms. The fourth-order valence-electron chi connectivity index (χ4n) is 5.95. The molecule has 0 radical (unpaired) electrons. The summed E-state index contributed by atoms with van der Waals surface area (Å²) < 4.78 is 0. The van der Waals surface area contributed by atoms with Crippen LogP contribution in [0, 0.1) is 29.6 Å². The lowest BCUT2D eigenvalue weighted by molar-refractivity contribution is -0.143. The summed E-state index contributed by atoms with van der Waals surface area (Å²) in [6.45, 7) is 0. The van der Waals surface area contributed by atoms with Gasteiger partial charge in [-0.05, 0) is 49.9 Å². The summed E-state index contributed by atoms with van der Waals surface area (Å²) in [7, 11) is 0. The standard InChI is InChI=1S/C19H32N2O3/c22-19(23)14-8-3-7-13(11-14)17-20-18(24-21-17)16-10-4-6-12-5-1-2-9-15(12)16/h12-18,20-21H,1-11H2,(H,22,23). The van der Waals surface area contributed by atoms with E-state index in [1.54, 1.807) is 0 Å². The molecule has 7 atom stereocenters. The van der Waals surface area contributed by atoms with Crippen molar-refractivity contribution in [1.29, 1.82) is 0 Å². The lowest BCUT2D eigenvalue weighted by atomic mass is 9.65. The Hall–Kier alpha value is -0.650. The first-order valence-corrected chi connectivity index (χ1v) is 10.1. The Balaban J connectivity index is 1.36. The van der Waals surface area contributed by atoms with Crippen LogP contribution in [-0.4, -0.2) is 23.5 Å². The summed E-state index contributed by atoms with van der Waals surface area (Å²) in [6, 6.07) is 0. The zero-order valence-electron chi connectivity index (χ0n) is 14.6. The van der Waals surface area contributed by atoms with Gasteiger partial charge in [0.1, 0.15) is 6.23 Å². The summed E-state index contributed by atoms with van der Waals surface area (Å²) in [5.41, 5.74) is 3.22. The molecule has 24 heavy (non-hydrogen) atoms. The van der Waals surface area contributed by atoms with Crippen molar-refractivity contribution in [3.8, 4) is 0 Å². The molecule has 7 unspecified atom stereocenters. The normalized spacial score (nSPS) is 46.4. The Bertz CT molecular complexity index is 456. The first-order valence-electron chi connectivity index (χ1n) is 10.1. The first kappa shape index (κ1) is 16.8. The third-order valence-electron chi connectivity index (χ3n) is 7.22. The van der Waals surface area contributed by atoms with Gasteiger partial charge in [-0.2, -0.15) is 5.48 Å². The summed E-state index contributed by atoms with van der Waals surface area (Å²) in [5, 5.41) is 13.0. The van der Waals surface area contributed by atoms with E-state index in [1.807, 2.05) is 0 Å². The van der Waals surface area contributed by atoms with Crippen LogP contribution in [0.5, 0.6) is 0 Å². The first-order chi connectivity index (χ1) is 11.7. The van der Waals surface area contributed by atoms with Crippen LogP contribution in [-0.2, 0) is 9.63 Å². The quantitative estimate of drug-likeness (QED) is 0.738. The second-order valence-corrected chi connectivity index (χ2v) is 8.57. The van der Waals surface area contributed by atoms with Crippen molar-refractivity contribution >= 4 is 5.97 Å². The van der Waals surface area contributed by atoms with Crippen molar-refractivity contribution in [2.24, 2.45) is 29.6 Å². The zero-order chi connectivity index (χ0) is 16.5. The molecule has 0 spiro atoms. The van der Waals surface area contributed by atoms with Gasteiger partial charge in [0.05, 0.1) is 12.1 Å². The van der Waals surface area contributed by atoms with Crippen LogP contribution in [0.25, 0.3) is 0 Å². The molecule has 1 saturated heterocycles. The van der Waals surface area contributed by atoms with E-state index < -0.39 is 5.97 Å². The van der Waals surface area contributed by atoms with Gasteiger partial charge in [0.15, 0.2) is 0 Å². The molecule has 0 bridgehead atoms. The maximum atomic E-state index is 11.3. The van der Waals surface area contributed by atoms with Crippen LogP contribution in [0.15, 0.2) is 0 Å². The van der Waals surface area contributed by atoms with Crippen LogP contribution in [0.2, 0.25) is 0 Å². The van der Waals surface area contributed by atoms with Gasteiger partial charge in [-0.1, -0.05) is 38.5 Å². The minimum atomic E-state index is -0.632. The summed E-state index contributed by atoms with van der Waals surface area (Å²) in [4.78, 5) is 17.3. The van der Waals surface area contributed by atoms with Crippen molar-refractivity contribution < 1.29 is 14.7 Å². The Morgan fingerprint density at radius 3 is 2.46 bits per heavy atom. The highest BCUT2D eigenvalue weighted by atomic mass is 16.7. The molecule has 136 valence electrons. The van der Waals surface area contributed by atoms with Gasteiger partial charge in [0, 0.05) is 5.92 Å². The predicted molar refractivity (Wildman–Crippen MR) is 90.8 cm³/mol. The molecule has 4 rings (SSSR count). The molecule has 1 heterocycles. The fraction of sp³-hybridized carbons (Fsp3) is 0.947. The smallest absolute Gasteiger partial charge is 0.306 e. The molecule has 3 N–H and O–H groups in total. The highest BCUT2D eigenvalue weighted by Crippen LogP contribution is 2.46. The van der Waals surface area contributed by atoms with E-state index in [9.17, 15) is 9.90 Å². The van der Waals surface area contributed by atoms with Crippen molar-refractivity contribution in [2.45, 2.75) is 83.0 Å². The van der Waals surface area contributed by atoms with Crippen LogP contribution in [0.4, 0.5) is 0 Å². The number of carboxylic acids is 1. The highest BCUT2D eigenvalue weighted by molar-refractivity contribution is 5.70. The molecule has 4 fully saturated rings. The SMILES string of the molecule is O=C(O)C1CCCC(C2NOC(C3CCCC4CCCCC43)N2)C1. The number of carboxylic acid groups (broad SMARTS) is 1. The largest absolute Gasteiger partial charge is 0.481 e. The molecule has 5 nitrogen and oxygen atoms in total. The minimum Gasteiger partial charge on any atom is -0.481 e. The van der Waals surface area contributed by atoms with Gasteiger partial charge in [-0.3, -0.25) is 14.9 Å². The average Bonchev–Trinajstić information content (AvgIpc) is 3.11. The zero-order valence-corrected chi connectivity index (χ0v) is 14.6. The molecule has 0 amide bonds. The molecule has 0 aromatic carbocycles. The molecule has 0 aromatic rings. The summed E-state index contributed by atoms with van der Waals surface area (Å²) in [5.74, 6) is 1.92. The summed E-state index contributed by atoms with van der Waals surface area (Å²) in [6.07, 6.45) is 13.5. The number of rotatable bonds is 3. The lowest BCUT2D eigenvalue weighted by Gasteiger charge is -2.43. The Kier molecular flexibility index (Phi) is 5.11. The Morgan fingerprint density at radius 1 is 0.875 bits per heavy atom. The van der Waals surface area contributed by atoms with E-state index in [4.69, 9.17) is 4.84 Å². The van der Waals surface area contributed by atoms with E-state index in [1.165, 1.54) is 44.9 Å². The van der Waals surface area contributed by atoms with Crippen molar-refractivity contribution in [3.05, 3.63) is 0 Å². The third-order valence-corrected chi connectivity index (χ3v) is 7.22. The second-order valence-electron chi connectivity index (χ2n) is 8.57. The molecule has 0 aromatic heterocycles. The van der Waals surface area contributed by atoms with E-state index in [-0.39, 0.29) is 18.3 Å². The third kappa shape index (κ3) is 3.35. The van der Waals surface area contributed by atoms with Crippen LogP contribution >= 0.6 is 0 Å². The van der Waals surface area contributed by atoms with E-state index in [0.717, 1.165) is 37.5 Å². The lowest BCUT2D eigenvalue weighted by Crippen LogP contribution is -2.47. The van der Waals surface area contributed by atoms with Crippen LogP contribution < -0.4 is 10.8 Å². The molecular weight excluding hydrogens is 304 g/mol. The van der Waals surface area contributed by atoms with Gasteiger partial charge in [-0.15, -0.1) is 0 Å². The van der Waals surface area contributed by atoms with E-state index in [0.29, 0.717) is 11.8 Å². The monoisotopic (exact) mass is 336 g/mol. The second kappa shape index (κ2) is 7.30. The van der Waals surface area contributed by atoms with Gasteiger partial charge in [0.25, 0.3) is 0 Å². The topological polar surface area (TPSA) is 70.6 Å². The van der Waals surface area contributed by atoms with Crippen molar-refractivity contribution in [1.82, 2.24) is 10.8 Å². The molecule has 3 saturated carbocycles. The number of hydroxylamine groups is 1. The number of hydrogen-bond acceptors (Lipinski definition) is 4. The average molecular weight is 336 g/mol. The van der Waals surface area contributed by atoms with Gasteiger partial charge in [-0.25, -0.2) is 0 Å². The number of fused-ring (bicyclic) bond motifs is 1. The molecule has 1 aliphatic heterocycles. The van der Waals surface area contributed by atoms with Gasteiger partial charge < -0.3 is 5.11 Å². The number of aliphatic carboxylic acids is 1. The Morgan fingerprint density at radius 2 is 1.58 bits per heavy atom. The van der Waals surface area contributed by atoms with Gasteiger partial charge in [0.2, 0.25) is 0 Å². The van der Waals surface area contributed by atoms with E-state index in [2.05, 4.69) is 10.8 Å². The maximum Gasteiger partial charge on any atom is 0.306 e. The predicted octanol–water partition coefficient (Wildman–Crippen LogP) is 3.26. The fourth-order valence-corrected chi connectivity index (χ4v) is 5.95. The maximum absolute atomic E-state index is 11.3. The van der Waals surface area contributed by atoms with E-state index >= 15 is 0 Å². The van der Waals surface area contributed by atoms with Crippen LogP contribution in [0.1, 0.15) is 70.6 Å². The van der Waals surface area contributed by atoms with Crippen molar-refractivity contribution in [3.63, 3.8) is 0 Å². The molecule has 4 aliphatic rings. The number of nitrogens with one attached hydrogen (secondary N) is 2.